The van der Waals surface area contributed by atoms with Gasteiger partial charge in [0.05, 0.1) is 22.3 Å². The molecule has 0 unspecified atom stereocenters. The molecule has 0 radical (unpaired) electrons. The van der Waals surface area contributed by atoms with Crippen LogP contribution in [0.1, 0.15) is 31.2 Å². The summed E-state index contributed by atoms with van der Waals surface area (Å²) in [5, 5.41) is 16.6. The molecule has 3 atom stereocenters. The number of nitrogens with zero attached hydrogens (tertiary/aromatic N) is 4. The number of nitrogens with one attached hydrogen (secondary N) is 2. The summed E-state index contributed by atoms with van der Waals surface area (Å²) in [6.07, 6.45) is 2.97. The van der Waals surface area contributed by atoms with E-state index in [4.69, 9.17) is 15.2 Å². The van der Waals surface area contributed by atoms with E-state index in [0.717, 1.165) is 43.7 Å². The second-order valence-corrected chi connectivity index (χ2v) is 11.4. The molecule has 2 aliphatic heterocycles. The summed E-state index contributed by atoms with van der Waals surface area (Å²) < 4.78 is 57.4. The van der Waals surface area contributed by atoms with E-state index in [-0.39, 0.29) is 73.3 Å². The van der Waals surface area contributed by atoms with Crippen molar-refractivity contribution in [1.29, 1.82) is 5.26 Å². The molecule has 6 rings (SSSR count). The summed E-state index contributed by atoms with van der Waals surface area (Å²) in [7, 11) is 0. The number of nitrogens with two attached hydrogens (primary N) is 1. The fourth-order valence-corrected chi connectivity index (χ4v) is 6.37. The molecule has 214 valence electrons. The van der Waals surface area contributed by atoms with Crippen LogP contribution in [0.15, 0.2) is 18.3 Å². The van der Waals surface area contributed by atoms with Crippen LogP contribution in [0.2, 0.25) is 0 Å². The van der Waals surface area contributed by atoms with Gasteiger partial charge in [-0.15, -0.1) is 11.3 Å². The van der Waals surface area contributed by atoms with Gasteiger partial charge in [0.15, 0.2) is 5.82 Å². The molecule has 13 heteroatoms. The maximum Gasteiger partial charge on any atom is 0.320 e. The third-order valence-electron chi connectivity index (χ3n) is 7.48. The van der Waals surface area contributed by atoms with E-state index in [9.17, 15) is 14.0 Å². The van der Waals surface area contributed by atoms with Crippen LogP contribution in [0, 0.1) is 28.9 Å². The van der Waals surface area contributed by atoms with E-state index >= 15 is 4.39 Å². The molecule has 4 aromatic rings. The second kappa shape index (κ2) is 11.6. The third-order valence-corrected chi connectivity index (χ3v) is 8.50. The average Bonchev–Trinajstić information content (AvgIpc) is 3.58. The zero-order chi connectivity index (χ0) is 28.5. The van der Waals surface area contributed by atoms with Crippen LogP contribution in [0.3, 0.4) is 0 Å². The molecule has 0 aliphatic carbocycles. The molecule has 5 heterocycles. The fraction of sp³-hybridized carbons (Fsp3) is 0.429. The summed E-state index contributed by atoms with van der Waals surface area (Å²) in [6, 6.07) is 4.47. The molecular weight excluding hydrogens is 555 g/mol. The van der Waals surface area contributed by atoms with Gasteiger partial charge in [0.25, 0.3) is 0 Å². The molecule has 4 N–H and O–H groups in total. The van der Waals surface area contributed by atoms with Gasteiger partial charge >= 0.3 is 6.01 Å². The number of anilines is 1. The highest BCUT2D eigenvalue weighted by atomic mass is 32.1. The molecular formula is C28H28F3N7O2S. The van der Waals surface area contributed by atoms with E-state index in [2.05, 4.69) is 25.6 Å². The van der Waals surface area contributed by atoms with Gasteiger partial charge in [0, 0.05) is 30.2 Å². The highest BCUT2D eigenvalue weighted by molar-refractivity contribution is 7.23. The number of nitriles is 1. The Bertz CT molecular complexity index is 1640. The number of hydrogen-bond acceptors (Lipinski definition) is 10. The molecule has 2 aliphatic rings. The van der Waals surface area contributed by atoms with Crippen LogP contribution < -0.4 is 25.8 Å². The first kappa shape index (κ1) is 27.4. The normalized spacial score (nSPS) is 21.5. The maximum absolute atomic E-state index is 16.3. The van der Waals surface area contributed by atoms with Crippen molar-refractivity contribution in [3.8, 4) is 29.2 Å². The van der Waals surface area contributed by atoms with Crippen molar-refractivity contribution < 1.29 is 22.6 Å². The number of pyridine rings is 1. The number of ether oxygens (including phenoxy) is 2. The quantitative estimate of drug-likeness (QED) is 0.301. The first-order valence-corrected chi connectivity index (χ1v) is 14.4. The second-order valence-electron chi connectivity index (χ2n) is 10.3. The van der Waals surface area contributed by atoms with Gasteiger partial charge in [-0.3, -0.25) is 4.98 Å². The maximum atomic E-state index is 16.3. The van der Waals surface area contributed by atoms with E-state index < -0.39 is 17.8 Å². The Hall–Kier alpha value is -3.73. The summed E-state index contributed by atoms with van der Waals surface area (Å²) in [6.45, 7) is 2.59. The lowest BCUT2D eigenvalue weighted by Gasteiger charge is -2.22. The van der Waals surface area contributed by atoms with Crippen LogP contribution in [0.4, 0.5) is 18.2 Å². The molecule has 0 saturated carbocycles. The molecule has 0 amide bonds. The van der Waals surface area contributed by atoms with Gasteiger partial charge in [0.1, 0.15) is 40.4 Å². The lowest BCUT2D eigenvalue weighted by Crippen LogP contribution is -2.31. The summed E-state index contributed by atoms with van der Waals surface area (Å²) in [5.41, 5.74) is 6.04. The number of nitrogen functional groups attached to an aromatic ring is 1. The molecule has 3 aromatic heterocycles. The van der Waals surface area contributed by atoms with Crippen molar-refractivity contribution in [2.24, 2.45) is 5.92 Å². The Kier molecular flexibility index (Phi) is 7.79. The Morgan fingerprint density at radius 1 is 1.15 bits per heavy atom. The minimum absolute atomic E-state index is 0.0476. The number of fused-ring (bicyclic) bond motifs is 2. The van der Waals surface area contributed by atoms with Crippen molar-refractivity contribution in [2.75, 3.05) is 38.5 Å². The highest BCUT2D eigenvalue weighted by Crippen LogP contribution is 2.42. The zero-order valence-corrected chi connectivity index (χ0v) is 22.9. The Morgan fingerprint density at radius 3 is 2.80 bits per heavy atom. The van der Waals surface area contributed by atoms with Gasteiger partial charge in [-0.1, -0.05) is 0 Å². The van der Waals surface area contributed by atoms with Crippen LogP contribution >= 0.6 is 11.3 Å². The predicted octanol–water partition coefficient (Wildman–Crippen LogP) is 4.49. The minimum atomic E-state index is -0.988. The number of thiophene rings is 1. The van der Waals surface area contributed by atoms with Crippen molar-refractivity contribution in [2.45, 2.75) is 38.0 Å². The average molecular weight is 584 g/mol. The molecule has 9 nitrogen and oxygen atoms in total. The van der Waals surface area contributed by atoms with Crippen LogP contribution in [0.25, 0.3) is 32.2 Å². The third kappa shape index (κ3) is 5.47. The van der Waals surface area contributed by atoms with E-state index in [1.165, 1.54) is 18.3 Å². The molecule has 1 aromatic carbocycles. The Morgan fingerprint density at radius 2 is 2.00 bits per heavy atom. The molecule has 41 heavy (non-hydrogen) atoms. The van der Waals surface area contributed by atoms with Gasteiger partial charge in [0.2, 0.25) is 5.88 Å². The zero-order valence-electron chi connectivity index (χ0n) is 22.1. The van der Waals surface area contributed by atoms with E-state index in [1.54, 1.807) is 0 Å². The van der Waals surface area contributed by atoms with Crippen molar-refractivity contribution in [1.82, 2.24) is 25.6 Å². The van der Waals surface area contributed by atoms with Gasteiger partial charge < -0.3 is 25.8 Å². The monoisotopic (exact) mass is 583 g/mol. The van der Waals surface area contributed by atoms with Gasteiger partial charge in [-0.2, -0.15) is 15.2 Å². The summed E-state index contributed by atoms with van der Waals surface area (Å²) >= 11 is 0.922. The van der Waals surface area contributed by atoms with Gasteiger partial charge in [-0.25, -0.2) is 13.2 Å². The Balaban J connectivity index is 1.42. The van der Waals surface area contributed by atoms with E-state index in [0.29, 0.717) is 19.5 Å². The van der Waals surface area contributed by atoms with Crippen molar-refractivity contribution in [3.05, 3.63) is 35.5 Å². The number of halogens is 3. The first-order chi connectivity index (χ1) is 19.9. The SMILES string of the molecule is N#Cc1c(N)sc2c(F)ccc(-c3ncc4c(O[C@@H]5CCNC5)nc(OC[C@@H]5CCCNC[C@H](F)C5)nc4c3F)c12. The molecule has 2 fully saturated rings. The van der Waals surface area contributed by atoms with Crippen LogP contribution in [0.5, 0.6) is 11.9 Å². The highest BCUT2D eigenvalue weighted by Gasteiger charge is 2.26. The van der Waals surface area contributed by atoms with Crippen molar-refractivity contribution in [3.63, 3.8) is 0 Å². The van der Waals surface area contributed by atoms with Crippen LogP contribution in [-0.2, 0) is 0 Å². The molecule has 0 spiro atoms. The van der Waals surface area contributed by atoms with Gasteiger partial charge in [-0.05, 0) is 56.8 Å². The largest absolute Gasteiger partial charge is 0.472 e. The smallest absolute Gasteiger partial charge is 0.320 e. The standard InChI is InChI=1S/C28H28F3N7O2S/c29-15-8-14(2-1-6-34-10-15)13-39-28-37-24-19(27(38-28)40-16-5-7-35-11-16)12-36-23(22(24)31)17-3-4-20(30)25-21(17)18(9-32)26(33)41-25/h3-4,12,14-16,34-35H,1-2,5-8,10-11,13,33H2/t14-,15-,16-/m1/s1. The number of benzene rings is 1. The molecule has 0 bridgehead atoms. The summed E-state index contributed by atoms with van der Waals surface area (Å²) in [4.78, 5) is 13.2. The predicted molar refractivity (Wildman–Crippen MR) is 150 cm³/mol. The van der Waals surface area contributed by atoms with E-state index in [1.807, 2.05) is 6.07 Å². The number of hydrogen-bond donors (Lipinski definition) is 3. The minimum Gasteiger partial charge on any atom is -0.472 e. The first-order valence-electron chi connectivity index (χ1n) is 13.5. The Labute approximate surface area is 237 Å². The fourth-order valence-electron chi connectivity index (χ4n) is 5.42. The summed E-state index contributed by atoms with van der Waals surface area (Å²) in [5.74, 6) is -1.29. The lowest BCUT2D eigenvalue weighted by atomic mass is 9.96. The number of rotatable bonds is 6. The number of alkyl halides is 1. The van der Waals surface area contributed by atoms with Crippen LogP contribution in [-0.4, -0.2) is 60.0 Å². The number of aromatic nitrogens is 3. The van der Waals surface area contributed by atoms with Crippen molar-refractivity contribution >= 4 is 37.3 Å². The lowest BCUT2D eigenvalue weighted by molar-refractivity contribution is 0.162. The molecule has 2 saturated heterocycles. The topological polar surface area (TPSA) is 131 Å².